The fourth-order valence-corrected chi connectivity index (χ4v) is 1.32. The molecule has 0 aliphatic rings. The Morgan fingerprint density at radius 2 is 1.89 bits per heavy atom. The third kappa shape index (κ3) is 9.12. The molecule has 0 saturated carbocycles. The van der Waals surface area contributed by atoms with E-state index in [4.69, 9.17) is 9.79 Å². The molecular formula is C9H18NO7P. The van der Waals surface area contributed by atoms with Crippen LogP contribution in [0.25, 0.3) is 0 Å². The van der Waals surface area contributed by atoms with Crippen LogP contribution in [0.5, 0.6) is 0 Å². The Morgan fingerprint density at radius 1 is 1.28 bits per heavy atom. The monoisotopic (exact) mass is 283 g/mol. The molecule has 0 aromatic heterocycles. The molecular weight excluding hydrogens is 265 g/mol. The molecule has 0 unspecified atom stereocenters. The Balaban J connectivity index is 3.63. The summed E-state index contributed by atoms with van der Waals surface area (Å²) >= 11 is 0. The summed E-state index contributed by atoms with van der Waals surface area (Å²) in [6.45, 7) is 2.59. The number of carbonyl (C=O) groups is 2. The summed E-state index contributed by atoms with van der Waals surface area (Å²) in [6, 6.07) is 0. The second kappa shape index (κ2) is 9.04. The maximum atomic E-state index is 11.0. The average Bonchev–Trinajstić information content (AvgIpc) is 2.25. The Kier molecular flexibility index (Phi) is 8.57. The van der Waals surface area contributed by atoms with Crippen LogP contribution in [0.2, 0.25) is 0 Å². The SMILES string of the molecule is CC(C)C(=O)OCOC(=O)NC[C@@H](O)CP(O)O. The van der Waals surface area contributed by atoms with Crippen molar-refractivity contribution in [3.63, 3.8) is 0 Å². The number of hydrogen-bond donors (Lipinski definition) is 4. The summed E-state index contributed by atoms with van der Waals surface area (Å²) in [7, 11) is -2.21. The molecule has 0 aliphatic heterocycles. The van der Waals surface area contributed by atoms with Crippen molar-refractivity contribution in [3.8, 4) is 0 Å². The maximum Gasteiger partial charge on any atom is 0.410 e. The van der Waals surface area contributed by atoms with Crippen LogP contribution in [0.15, 0.2) is 0 Å². The number of rotatable bonds is 7. The van der Waals surface area contributed by atoms with Gasteiger partial charge in [-0.05, 0) is 0 Å². The third-order valence-electron chi connectivity index (χ3n) is 1.72. The van der Waals surface area contributed by atoms with Crippen molar-refractivity contribution in [1.29, 1.82) is 0 Å². The molecule has 0 aromatic carbocycles. The highest BCUT2D eigenvalue weighted by Crippen LogP contribution is 2.23. The van der Waals surface area contributed by atoms with Crippen molar-refractivity contribution in [2.24, 2.45) is 5.92 Å². The van der Waals surface area contributed by atoms with Gasteiger partial charge in [0.25, 0.3) is 0 Å². The summed E-state index contributed by atoms with van der Waals surface area (Å²) in [5.74, 6) is -0.805. The molecule has 106 valence electrons. The second-order valence-electron chi connectivity index (χ2n) is 3.76. The lowest BCUT2D eigenvalue weighted by molar-refractivity contribution is -0.155. The quantitative estimate of drug-likeness (QED) is 0.282. The van der Waals surface area contributed by atoms with E-state index in [1.165, 1.54) is 0 Å². The first-order valence-electron chi connectivity index (χ1n) is 5.23. The topological polar surface area (TPSA) is 125 Å². The van der Waals surface area contributed by atoms with Crippen LogP contribution in [0.3, 0.4) is 0 Å². The number of alkyl carbamates (subject to hydrolysis) is 1. The van der Waals surface area contributed by atoms with E-state index in [-0.39, 0.29) is 18.6 Å². The molecule has 0 heterocycles. The van der Waals surface area contributed by atoms with E-state index in [0.29, 0.717) is 0 Å². The van der Waals surface area contributed by atoms with Crippen LogP contribution >= 0.6 is 8.38 Å². The van der Waals surface area contributed by atoms with Crippen LogP contribution < -0.4 is 5.32 Å². The van der Waals surface area contributed by atoms with Gasteiger partial charge in [0.1, 0.15) is 0 Å². The van der Waals surface area contributed by atoms with Crippen LogP contribution in [-0.4, -0.2) is 52.6 Å². The largest absolute Gasteiger partial charge is 0.428 e. The van der Waals surface area contributed by atoms with E-state index < -0.39 is 33.3 Å². The standard InChI is InChI=1S/C9H18NO7P/c1-6(2)8(12)16-5-17-9(13)10-3-7(11)4-18(14)15/h6-7,11,14-15H,3-5H2,1-2H3,(H,10,13)/t7-/m1/s1. The van der Waals surface area contributed by atoms with E-state index in [1.54, 1.807) is 13.8 Å². The number of amides is 1. The third-order valence-corrected chi connectivity index (χ3v) is 2.47. The van der Waals surface area contributed by atoms with Gasteiger partial charge in [0.2, 0.25) is 6.79 Å². The van der Waals surface area contributed by atoms with E-state index >= 15 is 0 Å². The van der Waals surface area contributed by atoms with E-state index in [2.05, 4.69) is 14.8 Å². The van der Waals surface area contributed by atoms with Crippen molar-refractivity contribution in [2.45, 2.75) is 20.0 Å². The van der Waals surface area contributed by atoms with Gasteiger partial charge in [-0.3, -0.25) is 4.79 Å². The average molecular weight is 283 g/mol. The van der Waals surface area contributed by atoms with Gasteiger partial charge in [-0.25, -0.2) is 4.79 Å². The molecule has 0 fully saturated rings. The van der Waals surface area contributed by atoms with Crippen molar-refractivity contribution in [1.82, 2.24) is 5.32 Å². The van der Waals surface area contributed by atoms with E-state index in [0.717, 1.165) is 0 Å². The summed E-state index contributed by atoms with van der Waals surface area (Å²) in [6.07, 6.45) is -2.17. The summed E-state index contributed by atoms with van der Waals surface area (Å²) < 4.78 is 9.08. The first-order valence-corrected chi connectivity index (χ1v) is 6.66. The van der Waals surface area contributed by atoms with Crippen molar-refractivity contribution >= 4 is 20.4 Å². The molecule has 9 heteroatoms. The maximum absolute atomic E-state index is 11.0. The van der Waals surface area contributed by atoms with E-state index in [1.807, 2.05) is 0 Å². The lowest BCUT2D eigenvalue weighted by atomic mass is 10.2. The summed E-state index contributed by atoms with van der Waals surface area (Å²) in [5, 5.41) is 11.4. The summed E-state index contributed by atoms with van der Waals surface area (Å²) in [4.78, 5) is 39.2. The molecule has 0 spiro atoms. The predicted octanol–water partition coefficient (Wildman–Crippen LogP) is -0.473. The van der Waals surface area contributed by atoms with Crippen molar-refractivity contribution in [2.75, 3.05) is 19.5 Å². The van der Waals surface area contributed by atoms with Gasteiger partial charge in [0, 0.05) is 12.7 Å². The molecule has 0 aromatic rings. The Labute approximate surface area is 106 Å². The van der Waals surface area contributed by atoms with Gasteiger partial charge in [0.15, 0.2) is 8.38 Å². The first-order chi connectivity index (χ1) is 8.32. The molecule has 1 atom stereocenters. The van der Waals surface area contributed by atoms with E-state index in [9.17, 15) is 14.7 Å². The van der Waals surface area contributed by atoms with Gasteiger partial charge < -0.3 is 29.7 Å². The normalized spacial score (nSPS) is 12.4. The number of aliphatic hydroxyl groups is 1. The van der Waals surface area contributed by atoms with Crippen molar-refractivity contribution < 1.29 is 34.0 Å². The number of hydrogen-bond acceptors (Lipinski definition) is 7. The minimum atomic E-state index is -2.21. The Bertz CT molecular complexity index is 272. The highest BCUT2D eigenvalue weighted by Gasteiger charge is 2.13. The van der Waals surface area contributed by atoms with Crippen LogP contribution in [0.4, 0.5) is 4.79 Å². The molecule has 18 heavy (non-hydrogen) atoms. The second-order valence-corrected chi connectivity index (χ2v) is 4.87. The lowest BCUT2D eigenvalue weighted by Gasteiger charge is -2.12. The predicted molar refractivity (Wildman–Crippen MR) is 62.5 cm³/mol. The fourth-order valence-electron chi connectivity index (χ4n) is 0.813. The molecule has 0 radical (unpaired) electrons. The number of ether oxygens (including phenoxy) is 2. The highest BCUT2D eigenvalue weighted by molar-refractivity contribution is 7.45. The number of aliphatic hydroxyl groups excluding tert-OH is 1. The lowest BCUT2D eigenvalue weighted by Crippen LogP contribution is -2.34. The van der Waals surface area contributed by atoms with Crippen LogP contribution in [0.1, 0.15) is 13.8 Å². The first kappa shape index (κ1) is 17.1. The van der Waals surface area contributed by atoms with Gasteiger partial charge in [-0.15, -0.1) is 0 Å². The Hall–Kier alpha value is -0.950. The van der Waals surface area contributed by atoms with Gasteiger partial charge in [0.05, 0.1) is 12.0 Å². The molecule has 8 nitrogen and oxygen atoms in total. The van der Waals surface area contributed by atoms with Crippen LogP contribution in [0, 0.1) is 5.92 Å². The zero-order chi connectivity index (χ0) is 14.1. The minimum absolute atomic E-state index is 0.184. The smallest absolute Gasteiger partial charge is 0.410 e. The zero-order valence-corrected chi connectivity index (χ0v) is 11.1. The highest BCUT2D eigenvalue weighted by atomic mass is 31.2. The minimum Gasteiger partial charge on any atom is -0.428 e. The zero-order valence-electron chi connectivity index (χ0n) is 10.2. The molecule has 1 amide bonds. The van der Waals surface area contributed by atoms with Crippen LogP contribution in [-0.2, 0) is 14.3 Å². The summed E-state index contributed by atoms with van der Waals surface area (Å²) in [5.41, 5.74) is 0. The molecule has 0 bridgehead atoms. The molecule has 4 N–H and O–H groups in total. The molecule has 0 rings (SSSR count). The van der Waals surface area contributed by atoms with Gasteiger partial charge >= 0.3 is 12.1 Å². The van der Waals surface area contributed by atoms with Gasteiger partial charge in [-0.1, -0.05) is 13.8 Å². The number of nitrogens with one attached hydrogen (secondary N) is 1. The number of carbonyl (C=O) groups excluding carboxylic acids is 2. The fraction of sp³-hybridized carbons (Fsp3) is 0.778. The van der Waals surface area contributed by atoms with Crippen molar-refractivity contribution in [3.05, 3.63) is 0 Å². The Morgan fingerprint density at radius 3 is 2.39 bits per heavy atom. The molecule has 0 aliphatic carbocycles. The van der Waals surface area contributed by atoms with Gasteiger partial charge in [-0.2, -0.15) is 0 Å². The molecule has 0 saturated heterocycles. The number of esters is 1.